The van der Waals surface area contributed by atoms with E-state index in [-0.39, 0.29) is 0 Å². The van der Waals surface area contributed by atoms with Crippen LogP contribution in [0.15, 0.2) is 41.8 Å². The number of nitrogens with zero attached hydrogens (tertiary/aromatic N) is 3. The number of pyridine rings is 2. The molecule has 0 aliphatic heterocycles. The average Bonchev–Trinajstić information content (AvgIpc) is 2.31. The Labute approximate surface area is 92.7 Å². The monoisotopic (exact) mass is 211 g/mol. The maximum absolute atomic E-state index is 10.3. The summed E-state index contributed by atoms with van der Waals surface area (Å²) < 4.78 is 0. The number of hydrogen-bond donors (Lipinski definition) is 0. The number of isocyanates is 1. The SMILES string of the molecule is Cc1cnc(-c2ccncc2)c(N=C=O)c1. The van der Waals surface area contributed by atoms with Gasteiger partial charge in [0.15, 0.2) is 0 Å². The molecule has 2 aromatic heterocycles. The van der Waals surface area contributed by atoms with E-state index in [0.29, 0.717) is 11.4 Å². The number of carbonyl (C=O) groups excluding carboxylic acids is 1. The molecule has 0 saturated carbocycles. The number of rotatable bonds is 2. The topological polar surface area (TPSA) is 55.2 Å². The Morgan fingerprint density at radius 3 is 2.75 bits per heavy atom. The normalized spacial score (nSPS) is 9.56. The van der Waals surface area contributed by atoms with Gasteiger partial charge in [-0.1, -0.05) is 0 Å². The van der Waals surface area contributed by atoms with Crippen molar-refractivity contribution >= 4 is 11.8 Å². The quantitative estimate of drug-likeness (QED) is 0.566. The Hall–Kier alpha value is -2.32. The van der Waals surface area contributed by atoms with Crippen LogP contribution in [0.25, 0.3) is 11.3 Å². The van der Waals surface area contributed by atoms with Crippen molar-refractivity contribution in [2.24, 2.45) is 4.99 Å². The van der Waals surface area contributed by atoms with Crippen LogP contribution in [-0.2, 0) is 4.79 Å². The molecule has 78 valence electrons. The van der Waals surface area contributed by atoms with Crippen LogP contribution in [0.2, 0.25) is 0 Å². The summed E-state index contributed by atoms with van der Waals surface area (Å²) >= 11 is 0. The molecule has 0 radical (unpaired) electrons. The minimum atomic E-state index is 0.529. The lowest BCUT2D eigenvalue weighted by Crippen LogP contribution is -1.86. The van der Waals surface area contributed by atoms with Crippen molar-refractivity contribution in [1.29, 1.82) is 0 Å². The lowest BCUT2D eigenvalue weighted by molar-refractivity contribution is 0.565. The van der Waals surface area contributed by atoms with E-state index in [2.05, 4.69) is 15.0 Å². The first-order valence-corrected chi connectivity index (χ1v) is 4.76. The molecule has 0 spiro atoms. The summed E-state index contributed by atoms with van der Waals surface area (Å²) in [5.74, 6) is 0. The molecule has 4 nitrogen and oxygen atoms in total. The molecule has 2 heterocycles. The summed E-state index contributed by atoms with van der Waals surface area (Å²) in [6, 6.07) is 5.44. The number of hydrogen-bond acceptors (Lipinski definition) is 4. The van der Waals surface area contributed by atoms with Crippen LogP contribution >= 0.6 is 0 Å². The highest BCUT2D eigenvalue weighted by Crippen LogP contribution is 2.27. The minimum Gasteiger partial charge on any atom is -0.265 e. The number of aliphatic imine (C=N–C) groups is 1. The van der Waals surface area contributed by atoms with E-state index in [9.17, 15) is 4.79 Å². The van der Waals surface area contributed by atoms with E-state index in [0.717, 1.165) is 11.1 Å². The van der Waals surface area contributed by atoms with Crippen LogP contribution in [0.4, 0.5) is 5.69 Å². The van der Waals surface area contributed by atoms with Gasteiger partial charge in [-0.15, -0.1) is 0 Å². The van der Waals surface area contributed by atoms with Crippen molar-refractivity contribution in [1.82, 2.24) is 9.97 Å². The molecular formula is C12H9N3O. The van der Waals surface area contributed by atoms with Crippen LogP contribution in [0.3, 0.4) is 0 Å². The smallest absolute Gasteiger partial charge is 0.240 e. The molecule has 0 amide bonds. The molecule has 4 heteroatoms. The standard InChI is InChI=1S/C12H9N3O/c1-9-6-11(15-8-16)12(14-7-9)10-2-4-13-5-3-10/h2-7H,1H3. The van der Waals surface area contributed by atoms with Crippen LogP contribution in [0, 0.1) is 6.92 Å². The molecule has 0 N–H and O–H groups in total. The van der Waals surface area contributed by atoms with E-state index < -0.39 is 0 Å². The maximum Gasteiger partial charge on any atom is 0.240 e. The predicted molar refractivity (Wildman–Crippen MR) is 60.0 cm³/mol. The molecule has 0 aliphatic rings. The molecule has 0 aromatic carbocycles. The molecule has 0 unspecified atom stereocenters. The maximum atomic E-state index is 10.3. The predicted octanol–water partition coefficient (Wildman–Crippen LogP) is 2.42. The van der Waals surface area contributed by atoms with E-state index in [1.807, 2.05) is 19.1 Å². The van der Waals surface area contributed by atoms with Crippen molar-refractivity contribution in [3.05, 3.63) is 42.4 Å². The number of aryl methyl sites for hydroxylation is 1. The molecule has 16 heavy (non-hydrogen) atoms. The van der Waals surface area contributed by atoms with Gasteiger partial charge in [0.25, 0.3) is 0 Å². The van der Waals surface area contributed by atoms with Crippen molar-refractivity contribution < 1.29 is 4.79 Å². The summed E-state index contributed by atoms with van der Waals surface area (Å²) in [5, 5.41) is 0. The van der Waals surface area contributed by atoms with Crippen molar-refractivity contribution in [3.63, 3.8) is 0 Å². The zero-order valence-corrected chi connectivity index (χ0v) is 8.71. The molecule has 2 rings (SSSR count). The van der Waals surface area contributed by atoms with Crippen LogP contribution in [-0.4, -0.2) is 16.0 Å². The molecule has 0 saturated heterocycles. The Kier molecular flexibility index (Phi) is 2.85. The van der Waals surface area contributed by atoms with Crippen molar-refractivity contribution in [2.45, 2.75) is 6.92 Å². The third-order valence-corrected chi connectivity index (χ3v) is 2.12. The fourth-order valence-electron chi connectivity index (χ4n) is 1.42. The highest BCUT2D eigenvalue weighted by Gasteiger charge is 2.05. The number of aromatic nitrogens is 2. The van der Waals surface area contributed by atoms with Crippen molar-refractivity contribution in [2.75, 3.05) is 0 Å². The first-order valence-electron chi connectivity index (χ1n) is 4.76. The third kappa shape index (κ3) is 2.02. The first-order chi connectivity index (χ1) is 7.81. The minimum absolute atomic E-state index is 0.529. The van der Waals surface area contributed by atoms with Gasteiger partial charge in [0.1, 0.15) is 5.69 Å². The van der Waals surface area contributed by atoms with Gasteiger partial charge in [-0.05, 0) is 30.7 Å². The second-order valence-electron chi connectivity index (χ2n) is 3.32. The summed E-state index contributed by atoms with van der Waals surface area (Å²) in [4.78, 5) is 22.2. The lowest BCUT2D eigenvalue weighted by Gasteiger charge is -2.03. The second-order valence-corrected chi connectivity index (χ2v) is 3.32. The summed E-state index contributed by atoms with van der Waals surface area (Å²) in [7, 11) is 0. The Morgan fingerprint density at radius 1 is 1.31 bits per heavy atom. The van der Waals surface area contributed by atoms with Gasteiger partial charge < -0.3 is 0 Å². The Morgan fingerprint density at radius 2 is 2.06 bits per heavy atom. The van der Waals surface area contributed by atoms with Gasteiger partial charge in [0.2, 0.25) is 6.08 Å². The lowest BCUT2D eigenvalue weighted by atomic mass is 10.1. The highest BCUT2D eigenvalue weighted by atomic mass is 16.1. The third-order valence-electron chi connectivity index (χ3n) is 2.12. The van der Waals surface area contributed by atoms with Gasteiger partial charge in [-0.25, -0.2) is 4.79 Å². The summed E-state index contributed by atoms with van der Waals surface area (Å²) in [5.41, 5.74) is 3.02. The fraction of sp³-hybridized carbons (Fsp3) is 0.0833. The molecular weight excluding hydrogens is 202 g/mol. The average molecular weight is 211 g/mol. The largest absolute Gasteiger partial charge is 0.265 e. The Bertz CT molecular complexity index is 545. The zero-order valence-electron chi connectivity index (χ0n) is 8.71. The van der Waals surface area contributed by atoms with Crippen LogP contribution in [0.5, 0.6) is 0 Å². The second kappa shape index (κ2) is 4.47. The molecule has 0 fully saturated rings. The summed E-state index contributed by atoms with van der Waals surface area (Å²) in [6.45, 7) is 1.90. The van der Waals surface area contributed by atoms with E-state index in [1.54, 1.807) is 30.7 Å². The van der Waals surface area contributed by atoms with E-state index >= 15 is 0 Å². The first kappa shape index (κ1) is 10.2. The van der Waals surface area contributed by atoms with E-state index in [1.165, 1.54) is 0 Å². The molecule has 0 aliphatic carbocycles. The molecule has 2 aromatic rings. The van der Waals surface area contributed by atoms with Gasteiger partial charge in [-0.2, -0.15) is 4.99 Å². The molecule has 0 atom stereocenters. The van der Waals surface area contributed by atoms with Gasteiger partial charge in [-0.3, -0.25) is 9.97 Å². The van der Waals surface area contributed by atoms with Crippen LogP contribution < -0.4 is 0 Å². The van der Waals surface area contributed by atoms with Crippen molar-refractivity contribution in [3.8, 4) is 11.3 Å². The molecule has 0 bridgehead atoms. The van der Waals surface area contributed by atoms with Crippen LogP contribution in [0.1, 0.15) is 5.56 Å². The van der Waals surface area contributed by atoms with Gasteiger partial charge in [0.05, 0.1) is 5.69 Å². The van der Waals surface area contributed by atoms with E-state index in [4.69, 9.17) is 0 Å². The summed E-state index contributed by atoms with van der Waals surface area (Å²) in [6.07, 6.45) is 6.62. The van der Waals surface area contributed by atoms with Gasteiger partial charge in [0, 0.05) is 24.2 Å². The zero-order chi connectivity index (χ0) is 11.4. The van der Waals surface area contributed by atoms with Gasteiger partial charge >= 0.3 is 0 Å². The highest BCUT2D eigenvalue weighted by molar-refractivity contribution is 5.73. The fourth-order valence-corrected chi connectivity index (χ4v) is 1.42. The Balaban J connectivity index is 2.61.